The van der Waals surface area contributed by atoms with Crippen LogP contribution >= 0.6 is 0 Å². The second-order valence-electron chi connectivity index (χ2n) is 2.57. The molecule has 0 heterocycles. The van der Waals surface area contributed by atoms with Gasteiger partial charge < -0.3 is 5.11 Å². The minimum atomic E-state index is -0.493. The van der Waals surface area contributed by atoms with Crippen LogP contribution in [0.1, 0.15) is 25.7 Å². The lowest BCUT2D eigenvalue weighted by Crippen LogP contribution is -2.06. The summed E-state index contributed by atoms with van der Waals surface area (Å²) < 4.78 is 0. The van der Waals surface area contributed by atoms with Crippen LogP contribution in [0.4, 0.5) is 0 Å². The largest absolute Gasteiger partial charge is 0.388 e. The van der Waals surface area contributed by atoms with Crippen molar-refractivity contribution >= 4 is 0 Å². The maximum absolute atomic E-state index is 9.26. The summed E-state index contributed by atoms with van der Waals surface area (Å²) in [5, 5.41) is 17.8. The van der Waals surface area contributed by atoms with Gasteiger partial charge in [0, 0.05) is 0 Å². The first kappa shape index (κ1) is 7.30. The third kappa shape index (κ3) is 1.58. The Morgan fingerprint density at radius 1 is 1.60 bits per heavy atom. The Balaban J connectivity index is 2.64. The molecule has 1 aliphatic carbocycles. The predicted octanol–water partition coefficient (Wildman–Crippen LogP) is 1.37. The minimum absolute atomic E-state index is 0.493. The van der Waals surface area contributed by atoms with Crippen molar-refractivity contribution in [1.29, 1.82) is 5.26 Å². The smallest absolute Gasteiger partial charge is 0.0971 e. The van der Waals surface area contributed by atoms with Crippen LogP contribution in [0.3, 0.4) is 0 Å². The van der Waals surface area contributed by atoms with E-state index >= 15 is 0 Å². The third-order valence-electron chi connectivity index (χ3n) is 1.78. The molecule has 0 radical (unpaired) electrons. The third-order valence-corrected chi connectivity index (χ3v) is 1.78. The van der Waals surface area contributed by atoms with Crippen LogP contribution in [-0.2, 0) is 0 Å². The van der Waals surface area contributed by atoms with Crippen molar-refractivity contribution in [2.75, 3.05) is 0 Å². The van der Waals surface area contributed by atoms with Gasteiger partial charge in [-0.1, -0.05) is 12.5 Å². The van der Waals surface area contributed by atoms with E-state index in [4.69, 9.17) is 5.26 Å². The average molecular weight is 137 g/mol. The van der Waals surface area contributed by atoms with Gasteiger partial charge in [-0.25, -0.2) is 0 Å². The first-order valence-electron chi connectivity index (χ1n) is 3.63. The van der Waals surface area contributed by atoms with Crippen LogP contribution in [0.5, 0.6) is 0 Å². The molecule has 0 aromatic heterocycles. The number of hydrogen-bond acceptors (Lipinski definition) is 2. The Labute approximate surface area is 60.8 Å². The fourth-order valence-corrected chi connectivity index (χ4v) is 1.15. The summed E-state index contributed by atoms with van der Waals surface area (Å²) in [6, 6.07) is 2.00. The lowest BCUT2D eigenvalue weighted by Gasteiger charge is -2.03. The zero-order valence-electron chi connectivity index (χ0n) is 5.88. The number of aliphatic hydroxyl groups is 1. The molecule has 0 spiro atoms. The standard InChI is InChI=1S/C8H11NO/c9-6-7-4-2-1-3-5-8(7)10/h4,8,10H,1-3,5H2. The van der Waals surface area contributed by atoms with Crippen LogP contribution in [0, 0.1) is 11.3 Å². The molecule has 1 unspecified atom stereocenters. The highest BCUT2D eigenvalue weighted by Gasteiger charge is 2.11. The van der Waals surface area contributed by atoms with Crippen molar-refractivity contribution in [2.24, 2.45) is 0 Å². The van der Waals surface area contributed by atoms with E-state index in [1.54, 1.807) is 0 Å². The van der Waals surface area contributed by atoms with Crippen molar-refractivity contribution in [2.45, 2.75) is 31.8 Å². The summed E-state index contributed by atoms with van der Waals surface area (Å²) in [6.45, 7) is 0. The number of allylic oxidation sites excluding steroid dienone is 1. The van der Waals surface area contributed by atoms with E-state index in [1.165, 1.54) is 0 Å². The van der Waals surface area contributed by atoms with Crippen LogP contribution in [0.2, 0.25) is 0 Å². The summed E-state index contributed by atoms with van der Waals surface area (Å²) in [5.41, 5.74) is 0.553. The number of aliphatic hydroxyl groups excluding tert-OH is 1. The summed E-state index contributed by atoms with van der Waals surface area (Å²) >= 11 is 0. The molecule has 0 aromatic rings. The van der Waals surface area contributed by atoms with Gasteiger partial charge in [0.2, 0.25) is 0 Å². The SMILES string of the molecule is N#CC1=CCCCCC1O. The van der Waals surface area contributed by atoms with Gasteiger partial charge >= 0.3 is 0 Å². The number of hydrogen-bond donors (Lipinski definition) is 1. The summed E-state index contributed by atoms with van der Waals surface area (Å²) in [4.78, 5) is 0. The Hall–Kier alpha value is -0.810. The van der Waals surface area contributed by atoms with Gasteiger partial charge in [-0.3, -0.25) is 0 Å². The van der Waals surface area contributed by atoms with Gasteiger partial charge in [-0.2, -0.15) is 5.26 Å². The molecule has 0 saturated carbocycles. The number of nitrogens with zero attached hydrogens (tertiary/aromatic N) is 1. The minimum Gasteiger partial charge on any atom is -0.388 e. The summed E-state index contributed by atoms with van der Waals surface area (Å²) in [5.74, 6) is 0. The zero-order chi connectivity index (χ0) is 7.40. The highest BCUT2D eigenvalue weighted by atomic mass is 16.3. The second-order valence-corrected chi connectivity index (χ2v) is 2.57. The molecule has 10 heavy (non-hydrogen) atoms. The topological polar surface area (TPSA) is 44.0 Å². The molecule has 0 aliphatic heterocycles. The van der Waals surface area contributed by atoms with Gasteiger partial charge in [-0.15, -0.1) is 0 Å². The fraction of sp³-hybridized carbons (Fsp3) is 0.625. The van der Waals surface area contributed by atoms with Crippen LogP contribution in [0.15, 0.2) is 11.6 Å². The molecule has 2 heteroatoms. The molecule has 1 atom stereocenters. The number of nitriles is 1. The zero-order valence-corrected chi connectivity index (χ0v) is 5.88. The maximum atomic E-state index is 9.26. The van der Waals surface area contributed by atoms with Crippen LogP contribution in [-0.4, -0.2) is 11.2 Å². The Morgan fingerprint density at radius 3 is 3.10 bits per heavy atom. The van der Waals surface area contributed by atoms with Crippen molar-refractivity contribution in [1.82, 2.24) is 0 Å². The second kappa shape index (κ2) is 3.38. The summed E-state index contributed by atoms with van der Waals surface area (Å²) in [6.07, 6.45) is 5.18. The van der Waals surface area contributed by atoms with Crippen LogP contribution in [0.25, 0.3) is 0 Å². The molecule has 0 bridgehead atoms. The lowest BCUT2D eigenvalue weighted by molar-refractivity contribution is 0.204. The van der Waals surface area contributed by atoms with Gasteiger partial charge in [0.15, 0.2) is 0 Å². The van der Waals surface area contributed by atoms with E-state index in [-0.39, 0.29) is 0 Å². The first-order chi connectivity index (χ1) is 4.84. The molecule has 1 N–H and O–H groups in total. The van der Waals surface area contributed by atoms with E-state index < -0.39 is 6.10 Å². The molecule has 0 amide bonds. The molecule has 0 aromatic carbocycles. The Morgan fingerprint density at radius 2 is 2.40 bits per heavy atom. The monoisotopic (exact) mass is 137 g/mol. The predicted molar refractivity (Wildman–Crippen MR) is 38.2 cm³/mol. The van der Waals surface area contributed by atoms with Crippen molar-refractivity contribution in [3.8, 4) is 6.07 Å². The van der Waals surface area contributed by atoms with E-state index in [0.29, 0.717) is 5.57 Å². The van der Waals surface area contributed by atoms with E-state index in [1.807, 2.05) is 12.1 Å². The fourth-order valence-electron chi connectivity index (χ4n) is 1.15. The molecule has 1 rings (SSSR count). The maximum Gasteiger partial charge on any atom is 0.0971 e. The molecule has 0 saturated heterocycles. The quantitative estimate of drug-likeness (QED) is 0.548. The molecule has 0 fully saturated rings. The molecular formula is C8H11NO. The van der Waals surface area contributed by atoms with Gasteiger partial charge in [-0.05, 0) is 19.3 Å². The van der Waals surface area contributed by atoms with Crippen molar-refractivity contribution in [3.63, 3.8) is 0 Å². The molecule has 54 valence electrons. The normalized spacial score (nSPS) is 26.4. The summed E-state index contributed by atoms with van der Waals surface area (Å²) in [7, 11) is 0. The van der Waals surface area contributed by atoms with E-state index in [2.05, 4.69) is 0 Å². The first-order valence-corrected chi connectivity index (χ1v) is 3.63. The Kier molecular flexibility index (Phi) is 2.47. The molecular weight excluding hydrogens is 126 g/mol. The van der Waals surface area contributed by atoms with E-state index in [9.17, 15) is 5.11 Å². The Bertz CT molecular complexity index is 178. The highest BCUT2D eigenvalue weighted by molar-refractivity contribution is 5.25. The van der Waals surface area contributed by atoms with E-state index in [0.717, 1.165) is 25.7 Å². The van der Waals surface area contributed by atoms with Crippen molar-refractivity contribution in [3.05, 3.63) is 11.6 Å². The number of rotatable bonds is 0. The van der Waals surface area contributed by atoms with Gasteiger partial charge in [0.25, 0.3) is 0 Å². The van der Waals surface area contributed by atoms with Crippen molar-refractivity contribution < 1.29 is 5.11 Å². The van der Waals surface area contributed by atoms with Gasteiger partial charge in [0.1, 0.15) is 0 Å². The van der Waals surface area contributed by atoms with Crippen LogP contribution < -0.4 is 0 Å². The molecule has 2 nitrogen and oxygen atoms in total. The molecule has 1 aliphatic rings. The average Bonchev–Trinajstić information content (AvgIpc) is 2.13. The van der Waals surface area contributed by atoms with Gasteiger partial charge in [0.05, 0.1) is 17.7 Å². The highest BCUT2D eigenvalue weighted by Crippen LogP contribution is 2.16. The lowest BCUT2D eigenvalue weighted by atomic mass is 10.1.